The van der Waals surface area contributed by atoms with E-state index >= 15 is 0 Å². The van der Waals surface area contributed by atoms with E-state index in [9.17, 15) is 14.3 Å². The molecule has 2 rings (SSSR count). The normalized spacial score (nSPS) is 13.2. The standard InChI is InChI=1S/C18H22FN3O2/c1-12(10-16(23)13-4-6-15(19)7-5-13)21-18(24)14-8-9-20-17(11-14)22(2)3/h4-9,11-12,16,23H,10H2,1-3H3,(H,21,24). The predicted octanol–water partition coefficient (Wildman–Crippen LogP) is 2.53. The number of hydrogen-bond acceptors (Lipinski definition) is 4. The van der Waals surface area contributed by atoms with Crippen molar-refractivity contribution in [1.29, 1.82) is 0 Å². The van der Waals surface area contributed by atoms with Gasteiger partial charge in [-0.2, -0.15) is 0 Å². The monoisotopic (exact) mass is 331 g/mol. The van der Waals surface area contributed by atoms with E-state index in [2.05, 4.69) is 10.3 Å². The number of hydrogen-bond donors (Lipinski definition) is 2. The van der Waals surface area contributed by atoms with Crippen molar-refractivity contribution in [2.75, 3.05) is 19.0 Å². The number of halogens is 1. The molecule has 6 heteroatoms. The number of carbonyl (C=O) groups is 1. The van der Waals surface area contributed by atoms with Crippen LogP contribution in [0.15, 0.2) is 42.6 Å². The van der Waals surface area contributed by atoms with E-state index in [1.54, 1.807) is 30.5 Å². The van der Waals surface area contributed by atoms with Crippen LogP contribution in [0.5, 0.6) is 0 Å². The minimum Gasteiger partial charge on any atom is -0.388 e. The maximum Gasteiger partial charge on any atom is 0.251 e. The second kappa shape index (κ2) is 7.88. The molecule has 2 atom stereocenters. The third kappa shape index (κ3) is 4.76. The lowest BCUT2D eigenvalue weighted by Gasteiger charge is -2.19. The van der Waals surface area contributed by atoms with E-state index in [0.29, 0.717) is 23.4 Å². The van der Waals surface area contributed by atoms with Crippen LogP contribution in [0.1, 0.15) is 35.4 Å². The van der Waals surface area contributed by atoms with E-state index < -0.39 is 6.10 Å². The van der Waals surface area contributed by atoms with Gasteiger partial charge in [0.05, 0.1) is 6.10 Å². The Hall–Kier alpha value is -2.47. The summed E-state index contributed by atoms with van der Waals surface area (Å²) >= 11 is 0. The van der Waals surface area contributed by atoms with Crippen LogP contribution in [0, 0.1) is 5.82 Å². The zero-order valence-corrected chi connectivity index (χ0v) is 14.0. The summed E-state index contributed by atoms with van der Waals surface area (Å²) in [6.45, 7) is 1.82. The average Bonchev–Trinajstić information content (AvgIpc) is 2.55. The Kier molecular flexibility index (Phi) is 5.87. The van der Waals surface area contributed by atoms with Crippen molar-refractivity contribution in [2.24, 2.45) is 0 Å². The van der Waals surface area contributed by atoms with Crippen LogP contribution in [0.25, 0.3) is 0 Å². The molecule has 0 fully saturated rings. The lowest BCUT2D eigenvalue weighted by molar-refractivity contribution is 0.0917. The molecule has 1 aromatic carbocycles. The molecule has 1 heterocycles. The molecule has 0 aliphatic heterocycles. The predicted molar refractivity (Wildman–Crippen MR) is 91.5 cm³/mol. The number of aliphatic hydroxyl groups is 1. The van der Waals surface area contributed by atoms with Crippen molar-refractivity contribution in [3.8, 4) is 0 Å². The van der Waals surface area contributed by atoms with Crippen LogP contribution in [-0.4, -0.2) is 36.1 Å². The van der Waals surface area contributed by atoms with Gasteiger partial charge in [-0.05, 0) is 43.2 Å². The zero-order valence-electron chi connectivity index (χ0n) is 14.0. The quantitative estimate of drug-likeness (QED) is 0.854. The smallest absolute Gasteiger partial charge is 0.251 e. The number of carbonyl (C=O) groups excluding carboxylic acids is 1. The van der Waals surface area contributed by atoms with Gasteiger partial charge in [0.25, 0.3) is 5.91 Å². The third-order valence-electron chi connectivity index (χ3n) is 3.67. The highest BCUT2D eigenvalue weighted by Gasteiger charge is 2.16. The summed E-state index contributed by atoms with van der Waals surface area (Å²) in [5, 5.41) is 13.0. The number of nitrogens with zero attached hydrogens (tertiary/aromatic N) is 2. The van der Waals surface area contributed by atoms with Crippen LogP contribution in [0.2, 0.25) is 0 Å². The maximum absolute atomic E-state index is 12.9. The third-order valence-corrected chi connectivity index (χ3v) is 3.67. The minimum absolute atomic E-state index is 0.223. The molecule has 0 aliphatic carbocycles. The lowest BCUT2D eigenvalue weighted by Crippen LogP contribution is -2.33. The number of pyridine rings is 1. The molecule has 5 nitrogen and oxygen atoms in total. The summed E-state index contributed by atoms with van der Waals surface area (Å²) in [4.78, 5) is 18.3. The van der Waals surface area contributed by atoms with Gasteiger partial charge in [0.2, 0.25) is 0 Å². The minimum atomic E-state index is -0.768. The topological polar surface area (TPSA) is 65.5 Å². The van der Waals surface area contributed by atoms with Crippen molar-refractivity contribution in [2.45, 2.75) is 25.5 Å². The maximum atomic E-state index is 12.9. The van der Waals surface area contributed by atoms with Crippen molar-refractivity contribution >= 4 is 11.7 Å². The Balaban J connectivity index is 1.96. The molecular formula is C18H22FN3O2. The zero-order chi connectivity index (χ0) is 17.7. The van der Waals surface area contributed by atoms with Crippen molar-refractivity contribution in [3.63, 3.8) is 0 Å². The first-order valence-electron chi connectivity index (χ1n) is 7.74. The molecule has 24 heavy (non-hydrogen) atoms. The van der Waals surface area contributed by atoms with E-state index in [1.165, 1.54) is 12.1 Å². The number of anilines is 1. The number of benzene rings is 1. The number of rotatable bonds is 6. The fourth-order valence-corrected chi connectivity index (χ4v) is 2.33. The lowest BCUT2D eigenvalue weighted by atomic mass is 10.0. The molecule has 0 radical (unpaired) electrons. The number of aromatic nitrogens is 1. The Morgan fingerprint density at radius 3 is 2.58 bits per heavy atom. The Bertz CT molecular complexity index is 689. The molecule has 0 aliphatic rings. The van der Waals surface area contributed by atoms with Gasteiger partial charge in [0, 0.05) is 31.9 Å². The summed E-state index contributed by atoms with van der Waals surface area (Å²) in [7, 11) is 3.71. The van der Waals surface area contributed by atoms with Gasteiger partial charge in [0.15, 0.2) is 0 Å². The highest BCUT2D eigenvalue weighted by Crippen LogP contribution is 2.19. The summed E-state index contributed by atoms with van der Waals surface area (Å²) < 4.78 is 12.9. The summed E-state index contributed by atoms with van der Waals surface area (Å²) in [5.41, 5.74) is 1.13. The summed E-state index contributed by atoms with van der Waals surface area (Å²) in [6, 6.07) is 8.81. The first kappa shape index (κ1) is 17.9. The van der Waals surface area contributed by atoms with E-state index in [-0.39, 0.29) is 17.8 Å². The highest BCUT2D eigenvalue weighted by atomic mass is 19.1. The molecule has 2 unspecified atom stereocenters. The summed E-state index contributed by atoms with van der Waals surface area (Å²) in [5.74, 6) is 0.127. The fraction of sp³-hybridized carbons (Fsp3) is 0.333. The van der Waals surface area contributed by atoms with Crippen molar-refractivity contribution in [1.82, 2.24) is 10.3 Å². The molecule has 0 saturated carbocycles. The van der Waals surface area contributed by atoms with Crippen LogP contribution < -0.4 is 10.2 Å². The molecular weight excluding hydrogens is 309 g/mol. The van der Waals surface area contributed by atoms with Gasteiger partial charge < -0.3 is 15.3 Å². The molecule has 1 aromatic heterocycles. The van der Waals surface area contributed by atoms with Crippen LogP contribution >= 0.6 is 0 Å². The number of aliphatic hydroxyl groups excluding tert-OH is 1. The first-order valence-corrected chi connectivity index (χ1v) is 7.74. The molecule has 0 bridgehead atoms. The number of amides is 1. The first-order chi connectivity index (χ1) is 11.4. The van der Waals surface area contributed by atoms with Crippen molar-refractivity contribution < 1.29 is 14.3 Å². The van der Waals surface area contributed by atoms with Gasteiger partial charge in [-0.3, -0.25) is 4.79 Å². The second-order valence-electron chi connectivity index (χ2n) is 5.97. The molecule has 0 saturated heterocycles. The molecule has 0 spiro atoms. The fourth-order valence-electron chi connectivity index (χ4n) is 2.33. The summed E-state index contributed by atoms with van der Waals surface area (Å²) in [6.07, 6.45) is 1.15. The Morgan fingerprint density at radius 2 is 1.96 bits per heavy atom. The van der Waals surface area contributed by atoms with E-state index in [0.717, 1.165) is 0 Å². The van der Waals surface area contributed by atoms with Gasteiger partial charge in [-0.15, -0.1) is 0 Å². The van der Waals surface area contributed by atoms with E-state index in [4.69, 9.17) is 0 Å². The van der Waals surface area contributed by atoms with Crippen LogP contribution in [0.4, 0.5) is 10.2 Å². The van der Waals surface area contributed by atoms with Crippen molar-refractivity contribution in [3.05, 3.63) is 59.5 Å². The SMILES string of the molecule is CC(CC(O)c1ccc(F)cc1)NC(=O)c1ccnc(N(C)C)c1. The highest BCUT2D eigenvalue weighted by molar-refractivity contribution is 5.95. The second-order valence-corrected chi connectivity index (χ2v) is 5.97. The molecule has 1 amide bonds. The average molecular weight is 331 g/mol. The van der Waals surface area contributed by atoms with Gasteiger partial charge in [-0.25, -0.2) is 9.37 Å². The number of nitrogens with one attached hydrogen (secondary N) is 1. The largest absolute Gasteiger partial charge is 0.388 e. The molecule has 2 N–H and O–H groups in total. The van der Waals surface area contributed by atoms with Crippen LogP contribution in [-0.2, 0) is 0 Å². The molecule has 2 aromatic rings. The Labute approximate surface area is 141 Å². The van der Waals surface area contributed by atoms with Gasteiger partial charge >= 0.3 is 0 Å². The van der Waals surface area contributed by atoms with Crippen LogP contribution in [0.3, 0.4) is 0 Å². The van der Waals surface area contributed by atoms with Gasteiger partial charge in [-0.1, -0.05) is 12.1 Å². The molecule has 128 valence electrons. The Morgan fingerprint density at radius 1 is 1.29 bits per heavy atom. The van der Waals surface area contributed by atoms with Gasteiger partial charge in [0.1, 0.15) is 11.6 Å². The van der Waals surface area contributed by atoms with E-state index in [1.807, 2.05) is 25.9 Å².